The lowest BCUT2D eigenvalue weighted by Gasteiger charge is -2.19. The van der Waals surface area contributed by atoms with Crippen LogP contribution in [0.15, 0.2) is 66.7 Å². The predicted octanol–water partition coefficient (Wildman–Crippen LogP) is 5.95. The third-order valence-electron chi connectivity index (χ3n) is 6.41. The van der Waals surface area contributed by atoms with E-state index in [-0.39, 0.29) is 17.5 Å². The number of fused-ring (bicyclic) bond motifs is 1. The van der Waals surface area contributed by atoms with Crippen LogP contribution in [-0.2, 0) is 10.9 Å². The number of benzene rings is 3. The minimum atomic E-state index is -4.45. The number of ether oxygens (including phenoxy) is 2. The summed E-state index contributed by atoms with van der Waals surface area (Å²) < 4.78 is 51.0. The number of rotatable bonds is 5. The van der Waals surface area contributed by atoms with Crippen LogP contribution in [0.2, 0.25) is 0 Å². The second-order valence-corrected chi connectivity index (χ2v) is 9.38. The predicted molar refractivity (Wildman–Crippen MR) is 139 cm³/mol. The topological polar surface area (TPSA) is 64.2 Å². The van der Waals surface area contributed by atoms with Crippen molar-refractivity contribution in [3.05, 3.63) is 99.7 Å². The quantitative estimate of drug-likeness (QED) is 0.252. The van der Waals surface area contributed by atoms with Crippen LogP contribution < -0.4 is 15.4 Å². The van der Waals surface area contributed by atoms with Gasteiger partial charge in [0.2, 0.25) is 0 Å². The molecule has 0 saturated carbocycles. The lowest BCUT2D eigenvalue weighted by Crippen LogP contribution is -2.32. The number of aryl methyl sites for hydroxylation is 1. The van der Waals surface area contributed by atoms with Crippen molar-refractivity contribution in [1.82, 2.24) is 9.97 Å². The van der Waals surface area contributed by atoms with Crippen molar-refractivity contribution in [3.63, 3.8) is 0 Å². The molecule has 1 heterocycles. The number of H-pyrrole nitrogens is 1. The molecule has 0 aliphatic heterocycles. The molecule has 0 fully saturated rings. The van der Waals surface area contributed by atoms with Crippen molar-refractivity contribution in [2.45, 2.75) is 24.4 Å². The summed E-state index contributed by atoms with van der Waals surface area (Å²) >= 11 is 6.67. The summed E-state index contributed by atoms with van der Waals surface area (Å²) in [6.07, 6.45) is -0.731. The van der Waals surface area contributed by atoms with Gasteiger partial charge in [-0.05, 0) is 59.5 Å². The lowest BCUT2D eigenvalue weighted by atomic mass is 9.90. The first-order valence-corrected chi connectivity index (χ1v) is 12.1. The maximum absolute atomic E-state index is 13.5. The molecule has 2 unspecified atom stereocenters. The Morgan fingerprint density at radius 2 is 1.76 bits per heavy atom. The van der Waals surface area contributed by atoms with E-state index in [2.05, 4.69) is 9.97 Å². The van der Waals surface area contributed by atoms with Crippen molar-refractivity contribution >= 4 is 29.7 Å². The molecule has 194 valence electrons. The van der Waals surface area contributed by atoms with Gasteiger partial charge in [0.05, 0.1) is 34.3 Å². The summed E-state index contributed by atoms with van der Waals surface area (Å²) in [6, 6.07) is 17.7. The average Bonchev–Trinajstić information content (AvgIpc) is 3.29. The molecule has 3 aromatic carbocycles. The molecular weight excluding hydrogens is 517 g/mol. The molecule has 2 atom stereocenters. The van der Waals surface area contributed by atoms with Crippen molar-refractivity contribution in [2.24, 2.45) is 0 Å². The van der Waals surface area contributed by atoms with Crippen LogP contribution in [0.4, 0.5) is 13.2 Å². The van der Waals surface area contributed by atoms with E-state index >= 15 is 0 Å². The van der Waals surface area contributed by atoms with Crippen LogP contribution in [0.3, 0.4) is 0 Å². The van der Waals surface area contributed by atoms with Gasteiger partial charge in [-0.2, -0.15) is 18.2 Å². The maximum Gasteiger partial charge on any atom is 0.417 e. The molecule has 1 N–H and O–H groups in total. The van der Waals surface area contributed by atoms with Crippen LogP contribution in [-0.4, -0.2) is 28.4 Å². The minimum absolute atomic E-state index is 0.121. The van der Waals surface area contributed by atoms with Crippen molar-refractivity contribution < 1.29 is 27.4 Å². The number of hydrogen-bond acceptors (Lipinski definition) is 4. The summed E-state index contributed by atoms with van der Waals surface area (Å²) in [5, 5.41) is 0.899. The van der Waals surface area contributed by atoms with Crippen LogP contribution in [0.5, 0.6) is 11.8 Å². The highest BCUT2D eigenvalue weighted by Gasteiger charge is 2.33. The zero-order valence-electron chi connectivity index (χ0n) is 20.3. The number of carbonyl (C=O) groups excluding carboxylic acids is 1. The number of aromatic amines is 1. The fourth-order valence-corrected chi connectivity index (χ4v) is 4.80. The van der Waals surface area contributed by atoms with Crippen LogP contribution >= 0.6 is 11.6 Å². The number of methoxy groups -OCH3 is 1. The Kier molecular flexibility index (Phi) is 6.75. The Balaban J connectivity index is 1.41. The Morgan fingerprint density at radius 3 is 2.47 bits per heavy atom. The second-order valence-electron chi connectivity index (χ2n) is 8.88. The molecule has 0 amide bonds. The Bertz CT molecular complexity index is 1630. The first-order chi connectivity index (χ1) is 18.1. The molecule has 1 aliphatic carbocycles. The number of hydrogen-bond donors (Lipinski definition) is 1. The Hall–Kier alpha value is -4.04. The molecular formula is C29H22ClF3N2O3. The highest BCUT2D eigenvalue weighted by Crippen LogP contribution is 2.38. The molecule has 9 heteroatoms. The molecule has 5 nitrogen and oxygen atoms in total. The third kappa shape index (κ3) is 5.04. The molecule has 5 rings (SSSR count). The van der Waals surface area contributed by atoms with Gasteiger partial charge >= 0.3 is 12.1 Å². The number of halogens is 4. The van der Waals surface area contributed by atoms with Gasteiger partial charge in [-0.15, -0.1) is 11.6 Å². The second kappa shape index (κ2) is 10.0. The van der Waals surface area contributed by atoms with Crippen LogP contribution in [0.25, 0.3) is 23.3 Å². The molecule has 0 saturated heterocycles. The lowest BCUT2D eigenvalue weighted by molar-refractivity contribution is -0.137. The van der Waals surface area contributed by atoms with Crippen molar-refractivity contribution in [1.29, 1.82) is 0 Å². The van der Waals surface area contributed by atoms with Gasteiger partial charge in [0.15, 0.2) is 0 Å². The first kappa shape index (κ1) is 25.6. The first-order valence-electron chi connectivity index (χ1n) is 11.7. The Labute approximate surface area is 221 Å². The average molecular weight is 539 g/mol. The van der Waals surface area contributed by atoms with E-state index in [0.717, 1.165) is 17.2 Å². The Morgan fingerprint density at radius 1 is 1.03 bits per heavy atom. The van der Waals surface area contributed by atoms with E-state index in [1.165, 1.54) is 19.2 Å². The molecule has 1 aliphatic rings. The molecule has 4 aromatic rings. The van der Waals surface area contributed by atoms with Gasteiger partial charge in [0.25, 0.3) is 6.01 Å². The van der Waals surface area contributed by atoms with E-state index < -0.39 is 23.1 Å². The molecule has 0 bridgehead atoms. The van der Waals surface area contributed by atoms with E-state index in [4.69, 9.17) is 21.1 Å². The summed E-state index contributed by atoms with van der Waals surface area (Å²) in [7, 11) is 1.32. The number of nitrogens with one attached hydrogen (secondary N) is 1. The van der Waals surface area contributed by atoms with Crippen LogP contribution in [0, 0.1) is 6.92 Å². The largest absolute Gasteiger partial charge is 0.465 e. The van der Waals surface area contributed by atoms with Gasteiger partial charge in [-0.25, -0.2) is 4.79 Å². The zero-order chi connectivity index (χ0) is 27.0. The molecule has 1 aromatic heterocycles. The summed E-state index contributed by atoms with van der Waals surface area (Å²) in [5.41, 5.74) is 1.89. The van der Waals surface area contributed by atoms with E-state index in [9.17, 15) is 18.0 Å². The van der Waals surface area contributed by atoms with Gasteiger partial charge < -0.3 is 14.5 Å². The molecule has 0 spiro atoms. The number of esters is 1. The van der Waals surface area contributed by atoms with Gasteiger partial charge in [0, 0.05) is 5.92 Å². The fraction of sp³-hybridized carbons (Fsp3) is 0.172. The molecule has 0 radical (unpaired) electrons. The molecule has 38 heavy (non-hydrogen) atoms. The fourth-order valence-electron chi connectivity index (χ4n) is 4.46. The van der Waals surface area contributed by atoms with Crippen LogP contribution in [0.1, 0.15) is 33.0 Å². The van der Waals surface area contributed by atoms with Gasteiger partial charge in [-0.1, -0.05) is 48.5 Å². The SMILES string of the molecule is COC(=O)c1cc(Oc2nc3c([nH]2)=CC(Cl)C(c2ccc(-c4ccccc4C(F)(F)F)cc2)C=3)ccc1C. The minimum Gasteiger partial charge on any atom is -0.465 e. The normalized spacial score (nSPS) is 16.7. The van der Waals surface area contributed by atoms with E-state index in [0.29, 0.717) is 27.6 Å². The van der Waals surface area contributed by atoms with Gasteiger partial charge in [0.1, 0.15) is 5.75 Å². The monoisotopic (exact) mass is 538 g/mol. The number of nitrogens with zero attached hydrogens (tertiary/aromatic N) is 1. The van der Waals surface area contributed by atoms with Gasteiger partial charge in [-0.3, -0.25) is 0 Å². The summed E-state index contributed by atoms with van der Waals surface area (Å²) in [6.45, 7) is 1.80. The zero-order valence-corrected chi connectivity index (χ0v) is 21.1. The van der Waals surface area contributed by atoms with Crippen molar-refractivity contribution in [2.75, 3.05) is 7.11 Å². The highest BCUT2D eigenvalue weighted by atomic mass is 35.5. The number of carbonyl (C=O) groups is 1. The summed E-state index contributed by atoms with van der Waals surface area (Å²) in [5.74, 6) is -0.303. The smallest absolute Gasteiger partial charge is 0.417 e. The number of aromatic nitrogens is 2. The van der Waals surface area contributed by atoms with Crippen molar-refractivity contribution in [3.8, 4) is 22.9 Å². The third-order valence-corrected chi connectivity index (χ3v) is 6.81. The van der Waals surface area contributed by atoms with E-state index in [1.807, 2.05) is 12.2 Å². The summed E-state index contributed by atoms with van der Waals surface area (Å²) in [4.78, 5) is 19.6. The van der Waals surface area contributed by atoms with E-state index in [1.54, 1.807) is 55.5 Å². The number of imidazole rings is 1. The highest BCUT2D eigenvalue weighted by molar-refractivity contribution is 6.25. The maximum atomic E-state index is 13.5. The standard InChI is InChI=1S/C29H22ClF3N2O3/c1-16-7-12-19(13-21(16)27(36)37-2)38-28-34-25-14-22(24(30)15-26(25)35-28)18-10-8-17(9-11-18)20-5-3-4-6-23(20)29(31,32)33/h3-15,22,24H,1-2H3,(H,34,35). The number of alkyl halides is 4.